The van der Waals surface area contributed by atoms with E-state index in [-0.39, 0.29) is 19.2 Å². The first-order valence-corrected chi connectivity index (χ1v) is 24.8. The Balaban J connectivity index is 3.56. The van der Waals surface area contributed by atoms with Crippen molar-refractivity contribution in [1.82, 2.24) is 0 Å². The van der Waals surface area contributed by atoms with E-state index >= 15 is 0 Å². The lowest BCUT2D eigenvalue weighted by atomic mass is 10.1. The Kier molecular flexibility index (Phi) is 49.7. The maximum Gasteiger partial charge on any atom is 0.306 e. The molecule has 0 radical (unpaired) electrons. The van der Waals surface area contributed by atoms with Gasteiger partial charge in [0.25, 0.3) is 0 Å². The van der Waals surface area contributed by atoms with E-state index in [2.05, 4.69) is 148 Å². The van der Waals surface area contributed by atoms with Crippen molar-refractivity contribution in [2.75, 3.05) is 19.8 Å². The lowest BCUT2D eigenvalue weighted by Gasteiger charge is -2.15. The van der Waals surface area contributed by atoms with Gasteiger partial charge in [0.2, 0.25) is 0 Å². The molecule has 0 saturated heterocycles. The fourth-order valence-electron chi connectivity index (χ4n) is 6.36. The number of carbonyl (C=O) groups excluding carboxylic acids is 1. The van der Waals surface area contributed by atoms with Gasteiger partial charge in [-0.2, -0.15) is 0 Å². The molecule has 0 aliphatic carbocycles. The SMILES string of the molecule is CC/C=C\C/C=C\C/C=C\C/C=C\C/C=C\C/C=C\C/C=C\CCCCCC(=O)OC(CO)COCCCCCCCCCCCCC/C=C\C/C=C\C/C=C\C/C=C\CC. The highest BCUT2D eigenvalue weighted by Gasteiger charge is 2.13. The van der Waals surface area contributed by atoms with Gasteiger partial charge in [0, 0.05) is 13.0 Å². The smallest absolute Gasteiger partial charge is 0.306 e. The molecule has 0 aromatic heterocycles. The maximum atomic E-state index is 12.3. The zero-order chi connectivity index (χ0) is 44.0. The third kappa shape index (κ3) is 50.8. The van der Waals surface area contributed by atoms with Crippen molar-refractivity contribution in [3.63, 3.8) is 0 Å². The molecule has 0 saturated carbocycles. The topological polar surface area (TPSA) is 55.8 Å². The van der Waals surface area contributed by atoms with Crippen LogP contribution in [0.3, 0.4) is 0 Å². The average molecular weight is 841 g/mol. The molecule has 4 nitrogen and oxygen atoms in total. The van der Waals surface area contributed by atoms with E-state index in [0.717, 1.165) is 103 Å². The van der Waals surface area contributed by atoms with Gasteiger partial charge in [-0.1, -0.05) is 212 Å². The van der Waals surface area contributed by atoms with Crippen LogP contribution in [0.25, 0.3) is 0 Å². The third-order valence-corrected chi connectivity index (χ3v) is 9.97. The van der Waals surface area contributed by atoms with Crippen LogP contribution >= 0.6 is 0 Å². The van der Waals surface area contributed by atoms with Gasteiger partial charge < -0.3 is 14.6 Å². The Morgan fingerprint density at radius 3 is 1.03 bits per heavy atom. The second-order valence-corrected chi connectivity index (χ2v) is 15.8. The molecule has 61 heavy (non-hydrogen) atoms. The van der Waals surface area contributed by atoms with Crippen LogP contribution in [0.4, 0.5) is 0 Å². The van der Waals surface area contributed by atoms with Gasteiger partial charge in [-0.25, -0.2) is 0 Å². The van der Waals surface area contributed by atoms with Gasteiger partial charge in [0.15, 0.2) is 0 Å². The van der Waals surface area contributed by atoms with Gasteiger partial charge in [0.1, 0.15) is 6.10 Å². The molecule has 1 atom stereocenters. The van der Waals surface area contributed by atoms with Crippen molar-refractivity contribution >= 4 is 5.97 Å². The summed E-state index contributed by atoms with van der Waals surface area (Å²) in [6, 6.07) is 0. The summed E-state index contributed by atoms with van der Waals surface area (Å²) in [6.07, 6.45) is 79.6. The molecule has 344 valence electrons. The predicted octanol–water partition coefficient (Wildman–Crippen LogP) is 17.0. The van der Waals surface area contributed by atoms with E-state index in [0.29, 0.717) is 13.0 Å². The number of hydrogen-bond donors (Lipinski definition) is 1. The van der Waals surface area contributed by atoms with Crippen molar-refractivity contribution < 1.29 is 19.4 Å². The summed E-state index contributed by atoms with van der Waals surface area (Å²) >= 11 is 0. The Hall–Kier alpha value is -3.47. The summed E-state index contributed by atoms with van der Waals surface area (Å²) in [4.78, 5) is 12.3. The predicted molar refractivity (Wildman–Crippen MR) is 269 cm³/mol. The number of rotatable bonds is 44. The van der Waals surface area contributed by atoms with Gasteiger partial charge in [-0.15, -0.1) is 0 Å². The van der Waals surface area contributed by atoms with E-state index in [4.69, 9.17) is 9.47 Å². The van der Waals surface area contributed by atoms with Crippen LogP contribution in [0.1, 0.15) is 194 Å². The highest BCUT2D eigenvalue weighted by Crippen LogP contribution is 2.13. The fraction of sp³-hybridized carbons (Fsp3) is 0.596. The summed E-state index contributed by atoms with van der Waals surface area (Å²) < 4.78 is 11.2. The second kappa shape index (κ2) is 52.7. The molecule has 1 unspecified atom stereocenters. The third-order valence-electron chi connectivity index (χ3n) is 9.97. The van der Waals surface area contributed by atoms with E-state index < -0.39 is 6.10 Å². The van der Waals surface area contributed by atoms with Crippen LogP contribution < -0.4 is 0 Å². The average Bonchev–Trinajstić information content (AvgIpc) is 3.27. The van der Waals surface area contributed by atoms with Crippen molar-refractivity contribution in [2.24, 2.45) is 0 Å². The molecule has 0 aliphatic heterocycles. The largest absolute Gasteiger partial charge is 0.457 e. The van der Waals surface area contributed by atoms with Crippen LogP contribution in [0.2, 0.25) is 0 Å². The molecule has 0 heterocycles. The molecule has 4 heteroatoms. The molecular weight excluding hydrogens is 749 g/mol. The molecule has 0 fully saturated rings. The first kappa shape index (κ1) is 57.5. The minimum atomic E-state index is -0.566. The lowest BCUT2D eigenvalue weighted by Crippen LogP contribution is -2.27. The number of esters is 1. The van der Waals surface area contributed by atoms with E-state index in [9.17, 15) is 9.90 Å². The Morgan fingerprint density at radius 1 is 0.393 bits per heavy atom. The van der Waals surface area contributed by atoms with Crippen LogP contribution in [0.15, 0.2) is 134 Å². The first-order valence-electron chi connectivity index (χ1n) is 24.8. The molecule has 0 aromatic rings. The van der Waals surface area contributed by atoms with Gasteiger partial charge in [0.05, 0.1) is 13.2 Å². The van der Waals surface area contributed by atoms with E-state index in [1.54, 1.807) is 0 Å². The molecule has 0 aliphatic rings. The minimum absolute atomic E-state index is 0.196. The van der Waals surface area contributed by atoms with Gasteiger partial charge >= 0.3 is 5.97 Å². The first-order chi connectivity index (χ1) is 30.2. The monoisotopic (exact) mass is 841 g/mol. The molecule has 0 rings (SSSR count). The normalized spacial score (nSPS) is 13.6. The zero-order valence-corrected chi connectivity index (χ0v) is 39.4. The van der Waals surface area contributed by atoms with Crippen LogP contribution in [0, 0.1) is 0 Å². The van der Waals surface area contributed by atoms with E-state index in [1.807, 2.05) is 0 Å². The van der Waals surface area contributed by atoms with Gasteiger partial charge in [-0.05, 0) is 109 Å². The molecular formula is C57H92O4. The summed E-state index contributed by atoms with van der Waals surface area (Å²) in [5.74, 6) is -0.238. The van der Waals surface area contributed by atoms with Crippen molar-refractivity contribution in [3.05, 3.63) is 134 Å². The van der Waals surface area contributed by atoms with Crippen LogP contribution in [-0.4, -0.2) is 37.0 Å². The minimum Gasteiger partial charge on any atom is -0.457 e. The number of allylic oxidation sites excluding steroid dienone is 22. The number of hydrogen-bond acceptors (Lipinski definition) is 4. The summed E-state index contributed by atoms with van der Waals surface area (Å²) in [6.45, 7) is 5.06. The quantitative estimate of drug-likeness (QED) is 0.0377. The van der Waals surface area contributed by atoms with Crippen molar-refractivity contribution in [3.8, 4) is 0 Å². The highest BCUT2D eigenvalue weighted by molar-refractivity contribution is 5.69. The highest BCUT2D eigenvalue weighted by atomic mass is 16.6. The number of aliphatic hydroxyl groups is 1. The number of unbranched alkanes of at least 4 members (excludes halogenated alkanes) is 14. The molecule has 0 spiro atoms. The standard InChI is InChI=1S/C57H92O4/c1-3-5-7-9-11-13-15-17-19-21-23-25-27-29-30-32-34-36-38-40-42-44-46-48-50-52-57(59)61-56(54-58)55-60-53-51-49-47-45-43-41-39-37-35-33-31-28-26-24-22-20-18-16-14-12-10-8-6-4-2/h5-8,11-14,17-20,23-26,29-30,34,36,40,42,56,58H,3-4,9-10,15-16,21-22,27-28,31-33,35,37-39,41,43-55H2,1-2H3/b7-5-,8-6-,13-11-,14-12-,19-17-,20-18-,25-23-,26-24-,30-29-,36-34-,42-40-. The lowest BCUT2D eigenvalue weighted by molar-refractivity contribution is -0.154. The molecule has 0 aromatic carbocycles. The van der Waals surface area contributed by atoms with Crippen LogP contribution in [0.5, 0.6) is 0 Å². The maximum absolute atomic E-state index is 12.3. The van der Waals surface area contributed by atoms with Gasteiger partial charge in [-0.3, -0.25) is 4.79 Å². The van der Waals surface area contributed by atoms with E-state index in [1.165, 1.54) is 70.6 Å². The number of carbonyl (C=O) groups is 1. The second-order valence-electron chi connectivity index (χ2n) is 15.8. The Bertz CT molecular complexity index is 1250. The Morgan fingerprint density at radius 2 is 0.689 bits per heavy atom. The molecule has 0 amide bonds. The summed E-state index contributed by atoms with van der Waals surface area (Å²) in [7, 11) is 0. The van der Waals surface area contributed by atoms with Crippen molar-refractivity contribution in [1.29, 1.82) is 0 Å². The molecule has 1 N–H and O–H groups in total. The zero-order valence-electron chi connectivity index (χ0n) is 39.4. The molecule has 0 bridgehead atoms. The summed E-state index contributed by atoms with van der Waals surface area (Å²) in [5.41, 5.74) is 0. The van der Waals surface area contributed by atoms with Crippen molar-refractivity contribution in [2.45, 2.75) is 200 Å². The fourth-order valence-corrected chi connectivity index (χ4v) is 6.36. The summed E-state index contributed by atoms with van der Waals surface area (Å²) in [5, 5.41) is 9.65. The number of ether oxygens (including phenoxy) is 2. The number of aliphatic hydroxyl groups excluding tert-OH is 1. The van der Waals surface area contributed by atoms with Crippen LogP contribution in [-0.2, 0) is 14.3 Å². The Labute approximate surface area is 377 Å².